The molecule has 4 rings (SSSR count). The van der Waals surface area contributed by atoms with Crippen molar-refractivity contribution in [3.8, 4) is 17.2 Å². The van der Waals surface area contributed by atoms with Gasteiger partial charge >= 0.3 is 0 Å². The Hall–Kier alpha value is -2.04. The number of benzene rings is 2. The highest BCUT2D eigenvalue weighted by molar-refractivity contribution is 5.56. The highest BCUT2D eigenvalue weighted by Crippen LogP contribution is 2.51. The van der Waals surface area contributed by atoms with Crippen molar-refractivity contribution in [2.24, 2.45) is 0 Å². The van der Waals surface area contributed by atoms with Gasteiger partial charge in [0.25, 0.3) is 0 Å². The number of ether oxygens (including phenoxy) is 4. The molecular formula is C16H14O4. The number of hydrogen-bond acceptors (Lipinski definition) is 4. The van der Waals surface area contributed by atoms with Crippen LogP contribution in [0.15, 0.2) is 42.5 Å². The summed E-state index contributed by atoms with van der Waals surface area (Å²) in [6.07, 6.45) is 0. The van der Waals surface area contributed by atoms with Crippen molar-refractivity contribution in [3.63, 3.8) is 0 Å². The zero-order valence-electron chi connectivity index (χ0n) is 11.1. The molecule has 0 unspecified atom stereocenters. The van der Waals surface area contributed by atoms with Crippen molar-refractivity contribution in [2.45, 2.75) is 5.79 Å². The largest absolute Gasteiger partial charge is 0.497 e. The maximum Gasteiger partial charge on any atom is 0.230 e. The minimum atomic E-state index is -0.876. The van der Waals surface area contributed by atoms with Crippen LogP contribution in [0.4, 0.5) is 0 Å². The van der Waals surface area contributed by atoms with E-state index in [2.05, 4.69) is 0 Å². The van der Waals surface area contributed by atoms with Gasteiger partial charge in [0.05, 0.1) is 31.5 Å². The number of para-hydroxylation sites is 1. The molecule has 2 aliphatic rings. The third-order valence-corrected chi connectivity index (χ3v) is 3.70. The first-order valence-corrected chi connectivity index (χ1v) is 6.57. The lowest BCUT2D eigenvalue weighted by Gasteiger charge is -2.35. The highest BCUT2D eigenvalue weighted by Gasteiger charge is 2.47. The normalized spacial score (nSPS) is 18.2. The molecule has 2 aromatic rings. The maximum atomic E-state index is 5.98. The number of rotatable bonds is 1. The molecule has 0 saturated carbocycles. The van der Waals surface area contributed by atoms with Gasteiger partial charge in [-0.1, -0.05) is 12.1 Å². The molecule has 0 N–H and O–H groups in total. The Morgan fingerprint density at radius 3 is 2.50 bits per heavy atom. The average Bonchev–Trinajstić information content (AvgIpc) is 2.98. The summed E-state index contributed by atoms with van der Waals surface area (Å²) in [5.41, 5.74) is 1.76. The van der Waals surface area contributed by atoms with E-state index in [9.17, 15) is 0 Å². The van der Waals surface area contributed by atoms with E-state index < -0.39 is 5.79 Å². The van der Waals surface area contributed by atoms with Crippen molar-refractivity contribution in [1.82, 2.24) is 0 Å². The lowest BCUT2D eigenvalue weighted by atomic mass is 9.93. The van der Waals surface area contributed by atoms with Gasteiger partial charge in [0, 0.05) is 0 Å². The zero-order chi connectivity index (χ0) is 13.6. The molecule has 2 aliphatic heterocycles. The van der Waals surface area contributed by atoms with Crippen molar-refractivity contribution in [1.29, 1.82) is 0 Å². The summed E-state index contributed by atoms with van der Waals surface area (Å²) in [6, 6.07) is 13.5. The van der Waals surface area contributed by atoms with Gasteiger partial charge in [0.1, 0.15) is 17.2 Å². The first-order chi connectivity index (χ1) is 9.83. The van der Waals surface area contributed by atoms with Crippen LogP contribution >= 0.6 is 0 Å². The SMILES string of the molecule is COc1ccc2c(c1)C1(OCCO1)c1ccccc1O2. The molecule has 0 radical (unpaired) electrons. The fourth-order valence-electron chi connectivity index (χ4n) is 2.80. The molecule has 4 heteroatoms. The van der Waals surface area contributed by atoms with Gasteiger partial charge in [-0.2, -0.15) is 0 Å². The van der Waals surface area contributed by atoms with Gasteiger partial charge in [-0.25, -0.2) is 0 Å². The van der Waals surface area contributed by atoms with Gasteiger partial charge in [-0.05, 0) is 30.3 Å². The summed E-state index contributed by atoms with van der Waals surface area (Å²) < 4.78 is 23.2. The second-order valence-corrected chi connectivity index (χ2v) is 4.77. The predicted molar refractivity (Wildman–Crippen MR) is 72.2 cm³/mol. The van der Waals surface area contributed by atoms with Gasteiger partial charge in [-0.15, -0.1) is 0 Å². The molecule has 1 fully saturated rings. The molecule has 2 aromatic carbocycles. The summed E-state index contributed by atoms with van der Waals surface area (Å²) in [7, 11) is 1.64. The molecule has 20 heavy (non-hydrogen) atoms. The molecule has 0 aromatic heterocycles. The third-order valence-electron chi connectivity index (χ3n) is 3.70. The lowest BCUT2D eigenvalue weighted by molar-refractivity contribution is -0.135. The van der Waals surface area contributed by atoms with Crippen LogP contribution in [0.5, 0.6) is 17.2 Å². The summed E-state index contributed by atoms with van der Waals surface area (Å²) in [6.45, 7) is 1.12. The van der Waals surface area contributed by atoms with Crippen LogP contribution in [0.2, 0.25) is 0 Å². The Labute approximate surface area is 116 Å². The van der Waals surface area contributed by atoms with Crippen molar-refractivity contribution < 1.29 is 18.9 Å². The Morgan fingerprint density at radius 2 is 1.70 bits per heavy atom. The maximum absolute atomic E-state index is 5.98. The number of hydrogen-bond donors (Lipinski definition) is 0. The van der Waals surface area contributed by atoms with Gasteiger partial charge in [0.15, 0.2) is 0 Å². The monoisotopic (exact) mass is 270 g/mol. The molecule has 0 aliphatic carbocycles. The Bertz CT molecular complexity index is 659. The van der Waals surface area contributed by atoms with E-state index >= 15 is 0 Å². The van der Waals surface area contributed by atoms with Crippen molar-refractivity contribution >= 4 is 0 Å². The molecule has 4 nitrogen and oxygen atoms in total. The molecule has 0 atom stereocenters. The topological polar surface area (TPSA) is 36.9 Å². The van der Waals surface area contributed by atoms with Gasteiger partial charge < -0.3 is 18.9 Å². The Morgan fingerprint density at radius 1 is 0.950 bits per heavy atom. The first-order valence-electron chi connectivity index (χ1n) is 6.57. The van der Waals surface area contributed by atoms with E-state index in [-0.39, 0.29) is 0 Å². The molecular weight excluding hydrogens is 256 g/mol. The number of fused-ring (bicyclic) bond motifs is 4. The Balaban J connectivity index is 1.97. The minimum Gasteiger partial charge on any atom is -0.497 e. The molecule has 0 bridgehead atoms. The Kier molecular flexibility index (Phi) is 2.49. The van der Waals surface area contributed by atoms with Crippen LogP contribution in [0.25, 0.3) is 0 Å². The van der Waals surface area contributed by atoms with E-state index in [0.717, 1.165) is 28.4 Å². The summed E-state index contributed by atoms with van der Waals surface area (Å²) >= 11 is 0. The second kappa shape index (κ2) is 4.23. The minimum absolute atomic E-state index is 0.561. The van der Waals surface area contributed by atoms with Crippen molar-refractivity contribution in [3.05, 3.63) is 53.6 Å². The van der Waals surface area contributed by atoms with Crippen LogP contribution in [0.3, 0.4) is 0 Å². The first kappa shape index (κ1) is 11.8. The van der Waals surface area contributed by atoms with Crippen LogP contribution in [0, 0.1) is 0 Å². The van der Waals surface area contributed by atoms with Crippen LogP contribution in [-0.4, -0.2) is 20.3 Å². The van der Waals surface area contributed by atoms with E-state index in [1.807, 2.05) is 42.5 Å². The molecule has 2 heterocycles. The summed E-state index contributed by atoms with van der Waals surface area (Å²) in [5.74, 6) is 1.39. The van der Waals surface area contributed by atoms with Crippen LogP contribution in [-0.2, 0) is 15.3 Å². The predicted octanol–water partition coefficient (Wildman–Crippen LogP) is 3.05. The van der Waals surface area contributed by atoms with E-state index in [0.29, 0.717) is 13.2 Å². The molecule has 1 spiro atoms. The highest BCUT2D eigenvalue weighted by atomic mass is 16.7. The standard InChI is InChI=1S/C16H14O4/c1-17-11-6-7-15-13(10-11)16(18-8-9-19-16)12-4-2-3-5-14(12)20-15/h2-7,10H,8-9H2,1H3. The van der Waals surface area contributed by atoms with E-state index in [4.69, 9.17) is 18.9 Å². The third kappa shape index (κ3) is 1.49. The fraction of sp³-hybridized carbons (Fsp3) is 0.250. The lowest BCUT2D eigenvalue weighted by Crippen LogP contribution is -2.32. The molecule has 1 saturated heterocycles. The van der Waals surface area contributed by atoms with E-state index in [1.54, 1.807) is 7.11 Å². The number of methoxy groups -OCH3 is 1. The fourth-order valence-corrected chi connectivity index (χ4v) is 2.80. The quantitative estimate of drug-likeness (QED) is 0.798. The molecule has 0 amide bonds. The van der Waals surface area contributed by atoms with Crippen molar-refractivity contribution in [2.75, 3.05) is 20.3 Å². The van der Waals surface area contributed by atoms with Gasteiger partial charge in [-0.3, -0.25) is 0 Å². The molecule has 102 valence electrons. The van der Waals surface area contributed by atoms with E-state index in [1.165, 1.54) is 0 Å². The van der Waals surface area contributed by atoms with Crippen LogP contribution in [0.1, 0.15) is 11.1 Å². The van der Waals surface area contributed by atoms with Crippen LogP contribution < -0.4 is 9.47 Å². The zero-order valence-corrected chi connectivity index (χ0v) is 11.1. The summed E-state index contributed by atoms with van der Waals surface area (Å²) in [5, 5.41) is 0. The average molecular weight is 270 g/mol. The summed E-state index contributed by atoms with van der Waals surface area (Å²) in [4.78, 5) is 0. The second-order valence-electron chi connectivity index (χ2n) is 4.77. The smallest absolute Gasteiger partial charge is 0.230 e. The van der Waals surface area contributed by atoms with Gasteiger partial charge in [0.2, 0.25) is 5.79 Å².